The van der Waals surface area contributed by atoms with Crippen LogP contribution >= 0.6 is 12.2 Å². The third-order valence-corrected chi connectivity index (χ3v) is 2.52. The van der Waals surface area contributed by atoms with Crippen LogP contribution in [-0.4, -0.2) is 4.99 Å². The molecule has 0 spiro atoms. The Labute approximate surface area is 95.5 Å². The minimum atomic E-state index is -0.152. The maximum absolute atomic E-state index is 13.0. The van der Waals surface area contributed by atoms with E-state index in [0.717, 1.165) is 18.4 Å². The highest BCUT2D eigenvalue weighted by atomic mass is 32.1. The third-order valence-electron chi connectivity index (χ3n) is 2.36. The molecule has 82 valence electrons. The average Bonchev–Trinajstić information content (AvgIpc) is 2.10. The van der Waals surface area contributed by atoms with Crippen LogP contribution in [0.2, 0.25) is 0 Å². The van der Waals surface area contributed by atoms with Crippen LogP contribution in [0.5, 0.6) is 0 Å². The zero-order chi connectivity index (χ0) is 11.4. The van der Waals surface area contributed by atoms with E-state index in [1.54, 1.807) is 6.92 Å². The first-order valence-electron chi connectivity index (χ1n) is 5.02. The summed E-state index contributed by atoms with van der Waals surface area (Å²) in [4.78, 5) is 0.543. The lowest BCUT2D eigenvalue weighted by Crippen LogP contribution is -2.14. The lowest BCUT2D eigenvalue weighted by molar-refractivity contribution is 0.597. The van der Waals surface area contributed by atoms with Gasteiger partial charge < -0.3 is 5.73 Å². The standard InChI is InChI=1S/C12H16FNS/c1-8(6-12(14)15)5-10-3-4-11(13)9(2)7-10/h3-4,7-8H,5-6H2,1-2H3,(H2,14,15). The molecule has 0 fully saturated rings. The predicted octanol–water partition coefficient (Wildman–Crippen LogP) is 2.99. The van der Waals surface area contributed by atoms with Gasteiger partial charge in [0.05, 0.1) is 4.99 Å². The molecule has 1 rings (SSSR count). The van der Waals surface area contributed by atoms with Gasteiger partial charge in [0.25, 0.3) is 0 Å². The van der Waals surface area contributed by atoms with Crippen molar-refractivity contribution in [3.05, 3.63) is 35.1 Å². The van der Waals surface area contributed by atoms with Crippen LogP contribution in [0.15, 0.2) is 18.2 Å². The van der Waals surface area contributed by atoms with E-state index in [1.165, 1.54) is 6.07 Å². The lowest BCUT2D eigenvalue weighted by atomic mass is 9.97. The number of rotatable bonds is 4. The van der Waals surface area contributed by atoms with Gasteiger partial charge >= 0.3 is 0 Å². The first kappa shape index (κ1) is 12.1. The number of thiocarbonyl (C=S) groups is 1. The molecular weight excluding hydrogens is 209 g/mol. The van der Waals surface area contributed by atoms with Crippen LogP contribution < -0.4 is 5.73 Å². The molecule has 0 amide bonds. The SMILES string of the molecule is Cc1cc(CC(C)CC(N)=S)ccc1F. The van der Waals surface area contributed by atoms with Crippen molar-refractivity contribution in [2.75, 3.05) is 0 Å². The Morgan fingerprint density at radius 3 is 2.73 bits per heavy atom. The predicted molar refractivity (Wildman–Crippen MR) is 65.4 cm³/mol. The van der Waals surface area contributed by atoms with Crippen molar-refractivity contribution < 1.29 is 4.39 Å². The molecule has 1 aromatic carbocycles. The lowest BCUT2D eigenvalue weighted by Gasteiger charge is -2.10. The van der Waals surface area contributed by atoms with E-state index in [-0.39, 0.29) is 5.82 Å². The van der Waals surface area contributed by atoms with Crippen LogP contribution in [0.3, 0.4) is 0 Å². The normalized spacial score (nSPS) is 12.5. The number of benzene rings is 1. The second-order valence-corrected chi connectivity index (χ2v) is 4.59. The van der Waals surface area contributed by atoms with Gasteiger partial charge in [-0.3, -0.25) is 0 Å². The molecule has 1 aromatic rings. The van der Waals surface area contributed by atoms with Gasteiger partial charge in [-0.25, -0.2) is 4.39 Å². The first-order chi connectivity index (χ1) is 6.99. The van der Waals surface area contributed by atoms with Crippen molar-refractivity contribution in [1.82, 2.24) is 0 Å². The summed E-state index contributed by atoms with van der Waals surface area (Å²) in [6.45, 7) is 3.87. The topological polar surface area (TPSA) is 26.0 Å². The van der Waals surface area contributed by atoms with Crippen molar-refractivity contribution in [2.24, 2.45) is 11.7 Å². The van der Waals surface area contributed by atoms with E-state index < -0.39 is 0 Å². The first-order valence-corrected chi connectivity index (χ1v) is 5.43. The highest BCUT2D eigenvalue weighted by Crippen LogP contribution is 2.15. The molecule has 15 heavy (non-hydrogen) atoms. The van der Waals surface area contributed by atoms with Gasteiger partial charge in [0.15, 0.2) is 0 Å². The molecule has 1 nitrogen and oxygen atoms in total. The summed E-state index contributed by atoms with van der Waals surface area (Å²) < 4.78 is 13.0. The fraction of sp³-hybridized carbons (Fsp3) is 0.417. The molecule has 0 saturated heterocycles. The summed E-state index contributed by atoms with van der Waals surface area (Å²) >= 11 is 4.85. The summed E-state index contributed by atoms with van der Waals surface area (Å²) in [7, 11) is 0. The van der Waals surface area contributed by atoms with Crippen LogP contribution in [0, 0.1) is 18.7 Å². The average molecular weight is 225 g/mol. The summed E-state index contributed by atoms with van der Waals surface area (Å²) in [6.07, 6.45) is 1.63. The van der Waals surface area contributed by atoms with Gasteiger partial charge in [0.2, 0.25) is 0 Å². The maximum atomic E-state index is 13.0. The fourth-order valence-electron chi connectivity index (χ4n) is 1.65. The van der Waals surface area contributed by atoms with E-state index in [0.29, 0.717) is 16.5 Å². The van der Waals surface area contributed by atoms with Crippen molar-refractivity contribution in [2.45, 2.75) is 26.7 Å². The number of hydrogen-bond donors (Lipinski definition) is 1. The number of aryl methyl sites for hydroxylation is 1. The van der Waals surface area contributed by atoms with Gasteiger partial charge in [0.1, 0.15) is 5.82 Å². The Morgan fingerprint density at radius 2 is 2.20 bits per heavy atom. The second-order valence-electron chi connectivity index (χ2n) is 4.06. The van der Waals surface area contributed by atoms with Gasteiger partial charge in [-0.2, -0.15) is 0 Å². The molecule has 0 radical (unpaired) electrons. The zero-order valence-corrected chi connectivity index (χ0v) is 9.90. The molecule has 0 aliphatic carbocycles. The maximum Gasteiger partial charge on any atom is 0.126 e. The third kappa shape index (κ3) is 3.96. The minimum Gasteiger partial charge on any atom is -0.393 e. The van der Waals surface area contributed by atoms with E-state index in [9.17, 15) is 4.39 Å². The van der Waals surface area contributed by atoms with Gasteiger partial charge in [-0.1, -0.05) is 31.3 Å². The Morgan fingerprint density at radius 1 is 1.53 bits per heavy atom. The quantitative estimate of drug-likeness (QED) is 0.797. The van der Waals surface area contributed by atoms with Gasteiger partial charge in [-0.15, -0.1) is 0 Å². The molecular formula is C12H16FNS. The molecule has 0 saturated carbocycles. The van der Waals surface area contributed by atoms with E-state index in [1.807, 2.05) is 12.1 Å². The highest BCUT2D eigenvalue weighted by Gasteiger charge is 2.06. The number of halogens is 1. The van der Waals surface area contributed by atoms with Crippen molar-refractivity contribution in [3.8, 4) is 0 Å². The van der Waals surface area contributed by atoms with Crippen LogP contribution in [0.1, 0.15) is 24.5 Å². The van der Waals surface area contributed by atoms with Crippen LogP contribution in [-0.2, 0) is 6.42 Å². The Bertz CT molecular complexity index is 363. The van der Waals surface area contributed by atoms with Crippen molar-refractivity contribution in [1.29, 1.82) is 0 Å². The Hall–Kier alpha value is -0.960. The summed E-state index contributed by atoms with van der Waals surface area (Å²) in [5, 5.41) is 0. The van der Waals surface area contributed by atoms with Gasteiger partial charge in [-0.05, 0) is 36.5 Å². The highest BCUT2D eigenvalue weighted by molar-refractivity contribution is 7.80. The number of hydrogen-bond acceptors (Lipinski definition) is 1. The van der Waals surface area contributed by atoms with E-state index in [2.05, 4.69) is 6.92 Å². The molecule has 1 atom stereocenters. The smallest absolute Gasteiger partial charge is 0.126 e. The molecule has 3 heteroatoms. The summed E-state index contributed by atoms with van der Waals surface area (Å²) in [5.41, 5.74) is 7.30. The molecule has 0 aromatic heterocycles. The Kier molecular flexibility index (Phi) is 4.21. The molecule has 2 N–H and O–H groups in total. The van der Waals surface area contributed by atoms with Crippen LogP contribution in [0.25, 0.3) is 0 Å². The van der Waals surface area contributed by atoms with E-state index in [4.69, 9.17) is 18.0 Å². The molecule has 1 unspecified atom stereocenters. The molecule has 0 heterocycles. The minimum absolute atomic E-state index is 0.152. The largest absolute Gasteiger partial charge is 0.393 e. The van der Waals surface area contributed by atoms with Crippen LogP contribution in [0.4, 0.5) is 4.39 Å². The molecule has 0 bridgehead atoms. The van der Waals surface area contributed by atoms with Gasteiger partial charge in [0, 0.05) is 6.42 Å². The van der Waals surface area contributed by atoms with Crippen molar-refractivity contribution >= 4 is 17.2 Å². The molecule has 0 aliphatic heterocycles. The van der Waals surface area contributed by atoms with E-state index >= 15 is 0 Å². The molecule has 0 aliphatic rings. The monoisotopic (exact) mass is 225 g/mol. The number of nitrogens with two attached hydrogens (primary N) is 1. The second kappa shape index (κ2) is 5.21. The zero-order valence-electron chi connectivity index (χ0n) is 9.09. The summed E-state index contributed by atoms with van der Waals surface area (Å²) in [6, 6.07) is 5.21. The summed E-state index contributed by atoms with van der Waals surface area (Å²) in [5.74, 6) is 0.258. The fourth-order valence-corrected chi connectivity index (χ4v) is 1.94. The van der Waals surface area contributed by atoms with Crippen molar-refractivity contribution in [3.63, 3.8) is 0 Å². The Balaban J connectivity index is 2.64.